The number of ether oxygens (including phenoxy) is 1. The first kappa shape index (κ1) is 11.3. The average Bonchev–Trinajstić information content (AvgIpc) is 2.82. The van der Waals surface area contributed by atoms with E-state index in [1.165, 1.54) is 4.90 Å². The summed E-state index contributed by atoms with van der Waals surface area (Å²) in [5.41, 5.74) is 1.89. The second kappa shape index (κ2) is 4.45. The van der Waals surface area contributed by atoms with E-state index in [4.69, 9.17) is 9.84 Å². The molecule has 0 aliphatic carbocycles. The van der Waals surface area contributed by atoms with Crippen LogP contribution in [0, 0.1) is 0 Å². The number of pyridine rings is 1. The third-order valence-electron chi connectivity index (χ3n) is 3.36. The molecule has 0 atom stereocenters. The largest absolute Gasteiger partial charge is 0.465 e. The topological polar surface area (TPSA) is 65.9 Å². The molecule has 0 spiro atoms. The summed E-state index contributed by atoms with van der Waals surface area (Å²) >= 11 is 0. The van der Waals surface area contributed by atoms with Gasteiger partial charge in [-0.2, -0.15) is 0 Å². The molecule has 1 amide bonds. The second-order valence-corrected chi connectivity index (χ2v) is 4.51. The highest BCUT2D eigenvalue weighted by atomic mass is 16.5. The highest BCUT2D eigenvalue weighted by Gasteiger charge is 2.25. The molecule has 1 fully saturated rings. The molecule has 0 saturated carbocycles. The van der Waals surface area contributed by atoms with E-state index < -0.39 is 6.09 Å². The Hall–Kier alpha value is -1.82. The molecular formula is C12H15N3O3. The van der Waals surface area contributed by atoms with Crippen LogP contribution >= 0.6 is 0 Å². The SMILES string of the molecule is O=C(O)N1Cc2ccc(N3CCOCC3)nc2C1. The van der Waals surface area contributed by atoms with Gasteiger partial charge in [0.25, 0.3) is 0 Å². The maximum absolute atomic E-state index is 10.9. The van der Waals surface area contributed by atoms with Crippen LogP contribution in [0.4, 0.5) is 10.6 Å². The highest BCUT2D eigenvalue weighted by molar-refractivity contribution is 5.66. The van der Waals surface area contributed by atoms with Gasteiger partial charge in [-0.15, -0.1) is 0 Å². The van der Waals surface area contributed by atoms with Gasteiger partial charge in [-0.25, -0.2) is 9.78 Å². The van der Waals surface area contributed by atoms with Crippen molar-refractivity contribution in [1.29, 1.82) is 0 Å². The van der Waals surface area contributed by atoms with Crippen LogP contribution in [0.2, 0.25) is 0 Å². The van der Waals surface area contributed by atoms with Crippen LogP contribution in [0.15, 0.2) is 12.1 Å². The highest BCUT2D eigenvalue weighted by Crippen LogP contribution is 2.24. The Bertz CT molecular complexity index is 472. The number of nitrogens with zero attached hydrogens (tertiary/aromatic N) is 3. The molecule has 18 heavy (non-hydrogen) atoms. The summed E-state index contributed by atoms with van der Waals surface area (Å²) in [4.78, 5) is 19.1. The van der Waals surface area contributed by atoms with Gasteiger partial charge in [0.1, 0.15) is 5.82 Å². The predicted octanol–water partition coefficient (Wildman–Crippen LogP) is 0.912. The summed E-state index contributed by atoms with van der Waals surface area (Å²) in [6.07, 6.45) is -0.888. The molecule has 6 heteroatoms. The smallest absolute Gasteiger partial charge is 0.407 e. The molecule has 1 N–H and O–H groups in total. The number of hydrogen-bond donors (Lipinski definition) is 1. The number of amides is 1. The lowest BCUT2D eigenvalue weighted by atomic mass is 10.2. The van der Waals surface area contributed by atoms with E-state index >= 15 is 0 Å². The van der Waals surface area contributed by atoms with E-state index in [0.717, 1.165) is 43.4 Å². The van der Waals surface area contributed by atoms with Crippen LogP contribution in [0.1, 0.15) is 11.3 Å². The number of aromatic nitrogens is 1. The molecule has 1 aromatic heterocycles. The zero-order chi connectivity index (χ0) is 12.5. The van der Waals surface area contributed by atoms with Gasteiger partial charge in [0.05, 0.1) is 32.0 Å². The molecule has 1 aromatic rings. The average molecular weight is 249 g/mol. The molecule has 2 aliphatic heterocycles. The predicted molar refractivity (Wildman–Crippen MR) is 64.5 cm³/mol. The van der Waals surface area contributed by atoms with Gasteiger partial charge in [0.2, 0.25) is 0 Å². The summed E-state index contributed by atoms with van der Waals surface area (Å²) in [5, 5.41) is 8.97. The van der Waals surface area contributed by atoms with Crippen LogP contribution in [0.25, 0.3) is 0 Å². The fourth-order valence-corrected chi connectivity index (χ4v) is 2.35. The number of anilines is 1. The Balaban J connectivity index is 1.80. The van der Waals surface area contributed by atoms with Crippen LogP contribution < -0.4 is 4.90 Å². The molecular weight excluding hydrogens is 234 g/mol. The third-order valence-corrected chi connectivity index (χ3v) is 3.36. The fraction of sp³-hybridized carbons (Fsp3) is 0.500. The molecule has 3 rings (SSSR count). The number of fused-ring (bicyclic) bond motifs is 1. The molecule has 96 valence electrons. The quantitative estimate of drug-likeness (QED) is 0.801. The lowest BCUT2D eigenvalue weighted by molar-refractivity contribution is 0.122. The maximum atomic E-state index is 10.9. The van der Waals surface area contributed by atoms with Crippen molar-refractivity contribution in [1.82, 2.24) is 9.88 Å². The van der Waals surface area contributed by atoms with Crippen molar-refractivity contribution in [2.45, 2.75) is 13.1 Å². The molecule has 0 bridgehead atoms. The van der Waals surface area contributed by atoms with Gasteiger partial charge in [0.15, 0.2) is 0 Å². The molecule has 0 unspecified atom stereocenters. The minimum atomic E-state index is -0.888. The molecule has 0 radical (unpaired) electrons. The van der Waals surface area contributed by atoms with Gasteiger partial charge in [0, 0.05) is 13.1 Å². The van der Waals surface area contributed by atoms with E-state index in [1.54, 1.807) is 0 Å². The van der Waals surface area contributed by atoms with Crippen molar-refractivity contribution >= 4 is 11.9 Å². The number of rotatable bonds is 1. The van der Waals surface area contributed by atoms with Crippen molar-refractivity contribution in [3.05, 3.63) is 23.4 Å². The van der Waals surface area contributed by atoms with E-state index in [2.05, 4.69) is 9.88 Å². The van der Waals surface area contributed by atoms with Crippen molar-refractivity contribution in [3.63, 3.8) is 0 Å². The van der Waals surface area contributed by atoms with Gasteiger partial charge >= 0.3 is 6.09 Å². The first-order chi connectivity index (χ1) is 8.74. The third kappa shape index (κ3) is 1.99. The number of morpholine rings is 1. The van der Waals surface area contributed by atoms with Crippen LogP contribution in [-0.4, -0.2) is 47.4 Å². The van der Waals surface area contributed by atoms with E-state index in [-0.39, 0.29) is 0 Å². The normalized spacial score (nSPS) is 18.9. The lowest BCUT2D eigenvalue weighted by Crippen LogP contribution is -2.36. The number of carbonyl (C=O) groups is 1. The van der Waals surface area contributed by atoms with Crippen LogP contribution in [0.5, 0.6) is 0 Å². The van der Waals surface area contributed by atoms with E-state index in [0.29, 0.717) is 13.1 Å². The van der Waals surface area contributed by atoms with Gasteiger partial charge in [-0.1, -0.05) is 6.07 Å². The van der Waals surface area contributed by atoms with Crippen molar-refractivity contribution < 1.29 is 14.6 Å². The summed E-state index contributed by atoms with van der Waals surface area (Å²) in [6, 6.07) is 3.95. The second-order valence-electron chi connectivity index (χ2n) is 4.51. The number of carboxylic acid groups (broad SMARTS) is 1. The maximum Gasteiger partial charge on any atom is 0.407 e. The van der Waals surface area contributed by atoms with Crippen molar-refractivity contribution in [2.24, 2.45) is 0 Å². The molecule has 6 nitrogen and oxygen atoms in total. The fourth-order valence-electron chi connectivity index (χ4n) is 2.35. The Kier molecular flexibility index (Phi) is 2.79. The van der Waals surface area contributed by atoms with Gasteiger partial charge in [-0.3, -0.25) is 4.90 Å². The Morgan fingerprint density at radius 2 is 2.06 bits per heavy atom. The monoisotopic (exact) mass is 249 g/mol. The zero-order valence-corrected chi connectivity index (χ0v) is 10.0. The van der Waals surface area contributed by atoms with Crippen LogP contribution in [0.3, 0.4) is 0 Å². The van der Waals surface area contributed by atoms with Crippen LogP contribution in [-0.2, 0) is 17.8 Å². The molecule has 1 saturated heterocycles. The molecule has 2 aliphatic rings. The standard InChI is InChI=1S/C12H15N3O3/c16-12(17)15-7-9-1-2-11(13-10(9)8-15)14-3-5-18-6-4-14/h1-2H,3-8H2,(H,16,17). The minimum Gasteiger partial charge on any atom is -0.465 e. The Labute approximate surface area is 105 Å². The Morgan fingerprint density at radius 3 is 2.78 bits per heavy atom. The summed E-state index contributed by atoms with van der Waals surface area (Å²) in [5.74, 6) is 0.921. The summed E-state index contributed by atoms with van der Waals surface area (Å²) < 4.78 is 5.31. The van der Waals surface area contributed by atoms with E-state index in [9.17, 15) is 4.79 Å². The first-order valence-corrected chi connectivity index (χ1v) is 6.03. The minimum absolute atomic E-state index is 0.392. The lowest BCUT2D eigenvalue weighted by Gasteiger charge is -2.28. The first-order valence-electron chi connectivity index (χ1n) is 6.03. The van der Waals surface area contributed by atoms with Gasteiger partial charge in [-0.05, 0) is 11.6 Å². The Morgan fingerprint density at radius 1 is 1.28 bits per heavy atom. The van der Waals surface area contributed by atoms with Crippen molar-refractivity contribution in [2.75, 3.05) is 31.2 Å². The summed E-state index contributed by atoms with van der Waals surface area (Å²) in [7, 11) is 0. The summed E-state index contributed by atoms with van der Waals surface area (Å²) in [6.45, 7) is 3.97. The van der Waals surface area contributed by atoms with E-state index in [1.807, 2.05) is 12.1 Å². The van der Waals surface area contributed by atoms with Crippen molar-refractivity contribution in [3.8, 4) is 0 Å². The molecule has 0 aromatic carbocycles. The molecule has 3 heterocycles. The zero-order valence-electron chi connectivity index (χ0n) is 10.0. The number of hydrogen-bond acceptors (Lipinski definition) is 4. The van der Waals surface area contributed by atoms with Gasteiger partial charge < -0.3 is 14.7 Å².